The van der Waals surface area contributed by atoms with Crippen molar-refractivity contribution in [1.82, 2.24) is 20.0 Å². The topological polar surface area (TPSA) is 51.2 Å². The van der Waals surface area contributed by atoms with Crippen LogP contribution in [0.5, 0.6) is 0 Å². The second-order valence-electron chi connectivity index (χ2n) is 7.76. The molecule has 3 aliphatic rings. The largest absolute Gasteiger partial charge is 0.369 e. The van der Waals surface area contributed by atoms with Crippen LogP contribution in [0.1, 0.15) is 33.1 Å². The smallest absolute Gasteiger partial charge is 0.320 e. The first-order valence-corrected chi connectivity index (χ1v) is 10.1. The van der Waals surface area contributed by atoms with E-state index >= 15 is 0 Å². The fraction of sp³-hybridized carbons (Fsp3) is 0.619. The molecule has 1 spiro atoms. The first-order chi connectivity index (χ1) is 13.1. The van der Waals surface area contributed by atoms with Crippen LogP contribution >= 0.6 is 0 Å². The second kappa shape index (κ2) is 8.19. The molecule has 0 aromatic rings. The van der Waals surface area contributed by atoms with Gasteiger partial charge in [0.2, 0.25) is 0 Å². The van der Waals surface area contributed by atoms with E-state index < -0.39 is 0 Å². The molecule has 0 bridgehead atoms. The molecule has 2 aliphatic heterocycles. The van der Waals surface area contributed by atoms with E-state index in [9.17, 15) is 4.79 Å². The molecule has 6 heteroatoms. The monoisotopic (exact) mass is 371 g/mol. The summed E-state index contributed by atoms with van der Waals surface area (Å²) >= 11 is 0. The lowest BCUT2D eigenvalue weighted by Gasteiger charge is -2.30. The van der Waals surface area contributed by atoms with E-state index in [0.29, 0.717) is 0 Å². The molecule has 1 aliphatic carbocycles. The summed E-state index contributed by atoms with van der Waals surface area (Å²) in [6, 6.07) is 0.193. The molecule has 2 amide bonds. The van der Waals surface area contributed by atoms with Gasteiger partial charge in [0.1, 0.15) is 5.84 Å². The third kappa shape index (κ3) is 4.04. The zero-order valence-electron chi connectivity index (χ0n) is 17.0. The maximum Gasteiger partial charge on any atom is 0.320 e. The molecule has 148 valence electrons. The molecule has 1 saturated heterocycles. The second-order valence-corrected chi connectivity index (χ2v) is 7.76. The summed E-state index contributed by atoms with van der Waals surface area (Å²) in [6.45, 7) is 13.3. The maximum atomic E-state index is 13.0. The van der Waals surface area contributed by atoms with Crippen LogP contribution in [0, 0.1) is 5.41 Å². The van der Waals surface area contributed by atoms with Crippen molar-refractivity contribution < 1.29 is 4.79 Å². The normalized spacial score (nSPS) is 24.0. The van der Waals surface area contributed by atoms with Gasteiger partial charge in [-0.2, -0.15) is 0 Å². The summed E-state index contributed by atoms with van der Waals surface area (Å²) < 4.78 is 0. The average Bonchev–Trinajstić information content (AvgIpc) is 3.33. The Balaban J connectivity index is 1.82. The molecular weight excluding hydrogens is 338 g/mol. The van der Waals surface area contributed by atoms with Crippen LogP contribution in [0.3, 0.4) is 0 Å². The number of nitrogens with one attached hydrogen (secondary N) is 1. The van der Waals surface area contributed by atoms with Crippen molar-refractivity contribution in [2.45, 2.75) is 33.1 Å². The van der Waals surface area contributed by atoms with E-state index in [1.807, 2.05) is 17.2 Å². The number of aliphatic imine (C=N–C) groups is 1. The van der Waals surface area contributed by atoms with Crippen molar-refractivity contribution in [3.05, 3.63) is 36.2 Å². The molecule has 0 aromatic heterocycles. The molecule has 1 saturated carbocycles. The van der Waals surface area contributed by atoms with Gasteiger partial charge in [-0.3, -0.25) is 4.99 Å². The number of hydrogen-bond donors (Lipinski definition) is 1. The first-order valence-electron chi connectivity index (χ1n) is 10.1. The highest BCUT2D eigenvalue weighted by Gasteiger charge is 2.48. The zero-order valence-corrected chi connectivity index (χ0v) is 17.0. The fourth-order valence-corrected chi connectivity index (χ4v) is 4.14. The minimum atomic E-state index is 0.193. The van der Waals surface area contributed by atoms with Gasteiger partial charge in [-0.25, -0.2) is 4.79 Å². The summed E-state index contributed by atoms with van der Waals surface area (Å²) in [5, 5.41) is 3.19. The molecule has 0 radical (unpaired) electrons. The van der Waals surface area contributed by atoms with E-state index in [-0.39, 0.29) is 11.4 Å². The number of allylic oxidation sites excluding steroid dienone is 1. The Morgan fingerprint density at radius 2 is 2.04 bits per heavy atom. The van der Waals surface area contributed by atoms with Gasteiger partial charge in [0.15, 0.2) is 0 Å². The van der Waals surface area contributed by atoms with Crippen LogP contribution < -0.4 is 5.32 Å². The highest BCUT2D eigenvalue weighted by atomic mass is 16.2. The van der Waals surface area contributed by atoms with Crippen LogP contribution in [0.2, 0.25) is 0 Å². The third-order valence-corrected chi connectivity index (χ3v) is 5.82. The van der Waals surface area contributed by atoms with Crippen molar-refractivity contribution in [3.63, 3.8) is 0 Å². The predicted molar refractivity (Wildman–Crippen MR) is 111 cm³/mol. The van der Waals surface area contributed by atoms with Crippen LogP contribution in [-0.4, -0.2) is 72.9 Å². The standard InChI is InChI=1S/C21H33N5O/c1-5-12-24(7-3)20(27)26-14-13-25(15-21(16-26)9-10-21)18(6-2)17-8-11-23-19(17)22-4/h6,8,11H,2,5,7,9-10,12-16H2,1,3-4H3,(H,22,23)/b18-17+. The molecule has 0 atom stereocenters. The predicted octanol–water partition coefficient (Wildman–Crippen LogP) is 2.82. The van der Waals surface area contributed by atoms with Crippen LogP contribution in [0.4, 0.5) is 4.79 Å². The number of nitrogens with zero attached hydrogens (tertiary/aromatic N) is 4. The zero-order chi connectivity index (χ0) is 19.4. The maximum absolute atomic E-state index is 13.0. The van der Waals surface area contributed by atoms with Crippen LogP contribution in [0.15, 0.2) is 41.2 Å². The molecule has 0 unspecified atom stereocenters. The molecular formula is C21H33N5O. The van der Waals surface area contributed by atoms with E-state index in [0.717, 1.165) is 62.8 Å². The minimum absolute atomic E-state index is 0.193. The molecule has 1 N–H and O–H groups in total. The number of urea groups is 1. The van der Waals surface area contributed by atoms with Gasteiger partial charge in [0.05, 0.1) is 0 Å². The van der Waals surface area contributed by atoms with E-state index in [4.69, 9.17) is 0 Å². The molecule has 6 nitrogen and oxygen atoms in total. The molecule has 0 aromatic carbocycles. The highest BCUT2D eigenvalue weighted by Crippen LogP contribution is 2.48. The molecule has 2 heterocycles. The van der Waals surface area contributed by atoms with Gasteiger partial charge < -0.3 is 20.0 Å². The Kier molecular flexibility index (Phi) is 5.92. The van der Waals surface area contributed by atoms with Crippen molar-refractivity contribution in [2.75, 3.05) is 46.3 Å². The molecule has 27 heavy (non-hydrogen) atoms. The van der Waals surface area contributed by atoms with Crippen molar-refractivity contribution in [2.24, 2.45) is 10.4 Å². The van der Waals surface area contributed by atoms with E-state index in [1.165, 1.54) is 12.8 Å². The molecule has 2 fully saturated rings. The van der Waals surface area contributed by atoms with Crippen LogP contribution in [0.25, 0.3) is 0 Å². The lowest BCUT2D eigenvalue weighted by Crippen LogP contribution is -2.46. The number of hydrogen-bond acceptors (Lipinski definition) is 3. The number of carbonyl (C=O) groups is 1. The van der Waals surface area contributed by atoms with E-state index in [2.05, 4.69) is 46.6 Å². The quantitative estimate of drug-likeness (QED) is 0.808. The minimum Gasteiger partial charge on any atom is -0.369 e. The Labute approximate surface area is 163 Å². The van der Waals surface area contributed by atoms with Gasteiger partial charge in [-0.1, -0.05) is 13.5 Å². The van der Waals surface area contributed by atoms with Crippen LogP contribution in [-0.2, 0) is 0 Å². The number of amides is 2. The van der Waals surface area contributed by atoms with Crippen molar-refractivity contribution >= 4 is 11.9 Å². The summed E-state index contributed by atoms with van der Waals surface area (Å²) in [4.78, 5) is 23.9. The average molecular weight is 372 g/mol. The lowest BCUT2D eigenvalue weighted by atomic mass is 10.1. The third-order valence-electron chi connectivity index (χ3n) is 5.82. The van der Waals surface area contributed by atoms with Crippen molar-refractivity contribution in [3.8, 4) is 0 Å². The van der Waals surface area contributed by atoms with Gasteiger partial charge in [0.25, 0.3) is 0 Å². The summed E-state index contributed by atoms with van der Waals surface area (Å²) in [5.41, 5.74) is 2.42. The Bertz CT molecular complexity index is 674. The lowest BCUT2D eigenvalue weighted by molar-refractivity contribution is 0.150. The van der Waals surface area contributed by atoms with Gasteiger partial charge in [0, 0.05) is 69.2 Å². The summed E-state index contributed by atoms with van der Waals surface area (Å²) in [5.74, 6) is 0.882. The Hall–Kier alpha value is -2.24. The SMILES string of the molecule is C=C/C(=C1/C=CNC1=NC)N1CCN(C(=O)N(CC)CCC)CC2(CC2)C1. The Morgan fingerprint density at radius 3 is 2.63 bits per heavy atom. The molecule has 3 rings (SSSR count). The van der Waals surface area contributed by atoms with Gasteiger partial charge in [-0.05, 0) is 38.3 Å². The van der Waals surface area contributed by atoms with Gasteiger partial charge >= 0.3 is 6.03 Å². The number of amidine groups is 1. The van der Waals surface area contributed by atoms with Crippen molar-refractivity contribution in [1.29, 1.82) is 0 Å². The van der Waals surface area contributed by atoms with Gasteiger partial charge in [-0.15, -0.1) is 0 Å². The number of carbonyl (C=O) groups excluding carboxylic acids is 1. The summed E-state index contributed by atoms with van der Waals surface area (Å²) in [6.07, 6.45) is 9.29. The van der Waals surface area contributed by atoms with E-state index in [1.54, 1.807) is 7.05 Å². The first kappa shape index (κ1) is 19.5. The summed E-state index contributed by atoms with van der Waals surface area (Å²) in [7, 11) is 1.80. The number of rotatable bonds is 5. The Morgan fingerprint density at radius 1 is 1.33 bits per heavy atom. The fourth-order valence-electron chi connectivity index (χ4n) is 4.14. The highest BCUT2D eigenvalue weighted by molar-refractivity contribution is 6.04.